The van der Waals surface area contributed by atoms with Gasteiger partial charge in [0.15, 0.2) is 0 Å². The van der Waals surface area contributed by atoms with E-state index in [4.69, 9.17) is 19.4 Å². The molecule has 16 nitrogen and oxygen atoms in total. The van der Waals surface area contributed by atoms with Crippen molar-refractivity contribution in [2.75, 3.05) is 27.3 Å². The number of carbonyl (C=O) groups is 4. The number of aromatic amines is 2. The van der Waals surface area contributed by atoms with Gasteiger partial charge in [0.2, 0.25) is 0 Å². The molecule has 60 heavy (non-hydrogen) atoms. The number of nitrogens with zero attached hydrogens (tertiary/aromatic N) is 6. The Morgan fingerprint density at radius 3 is 1.37 bits per heavy atom. The number of likely N-dealkylation sites (tertiary alicyclic amines) is 2. The first-order chi connectivity index (χ1) is 29.3. The number of alkyl carbamates (subject to hydrolysis) is 2. The summed E-state index contributed by atoms with van der Waals surface area (Å²) in [6.07, 6.45) is 8.65. The highest BCUT2D eigenvalue weighted by molar-refractivity contribution is 5.88. The maximum Gasteiger partial charge on any atom is 0.407 e. The lowest BCUT2D eigenvalue weighted by Gasteiger charge is -2.28. The molecule has 0 radical (unpaired) electrons. The van der Waals surface area contributed by atoms with Crippen molar-refractivity contribution in [2.24, 2.45) is 0 Å². The Morgan fingerprint density at radius 1 is 0.583 bits per heavy atom. The number of aromatic nitrogens is 6. The van der Waals surface area contributed by atoms with E-state index in [0.29, 0.717) is 47.3 Å². The average Bonchev–Trinajstić information content (AvgIpc) is 4.15. The number of nitrogens with one attached hydrogen (secondary N) is 4. The number of ether oxygens (including phenoxy) is 2. The second-order valence-corrected chi connectivity index (χ2v) is 14.6. The number of rotatable bonds is 11. The highest BCUT2D eigenvalue weighted by atomic mass is 16.5. The molecule has 4 atom stereocenters. The molecule has 2 fully saturated rings. The van der Waals surface area contributed by atoms with Gasteiger partial charge in [-0.2, -0.15) is 0 Å². The summed E-state index contributed by atoms with van der Waals surface area (Å²) in [4.78, 5) is 81.2. The van der Waals surface area contributed by atoms with Crippen molar-refractivity contribution in [3.05, 3.63) is 132 Å². The predicted molar refractivity (Wildman–Crippen MR) is 219 cm³/mol. The first-order valence-corrected chi connectivity index (χ1v) is 19.7. The largest absolute Gasteiger partial charge is 0.453 e. The van der Waals surface area contributed by atoms with Gasteiger partial charge in [-0.25, -0.2) is 19.6 Å². The quantitative estimate of drug-likeness (QED) is 0.113. The number of benzene rings is 2. The van der Waals surface area contributed by atoms with Crippen molar-refractivity contribution >= 4 is 24.0 Å². The Kier molecular flexibility index (Phi) is 11.6. The second-order valence-electron chi connectivity index (χ2n) is 14.6. The summed E-state index contributed by atoms with van der Waals surface area (Å²) in [7, 11) is 2.54. The van der Waals surface area contributed by atoms with Crippen LogP contribution in [0, 0.1) is 0 Å². The summed E-state index contributed by atoms with van der Waals surface area (Å²) in [5.41, 5.74) is 5.84. The molecule has 2 aliphatic rings. The maximum atomic E-state index is 13.9. The third-order valence-corrected chi connectivity index (χ3v) is 11.0. The van der Waals surface area contributed by atoms with Gasteiger partial charge in [0.05, 0.1) is 61.5 Å². The average molecular weight is 809 g/mol. The molecular formula is C44H44N10O6. The highest BCUT2D eigenvalue weighted by Gasteiger charge is 2.38. The van der Waals surface area contributed by atoms with Gasteiger partial charge >= 0.3 is 12.2 Å². The Labute approximate surface area is 345 Å². The lowest BCUT2D eigenvalue weighted by molar-refractivity contribution is -0.135. The van der Waals surface area contributed by atoms with Crippen LogP contribution in [0.3, 0.4) is 0 Å². The van der Waals surface area contributed by atoms with Crippen LogP contribution in [-0.2, 0) is 19.1 Å². The van der Waals surface area contributed by atoms with Crippen LogP contribution in [0.2, 0.25) is 0 Å². The van der Waals surface area contributed by atoms with Gasteiger partial charge in [0, 0.05) is 36.6 Å². The van der Waals surface area contributed by atoms with E-state index in [9.17, 15) is 19.2 Å². The Bertz CT molecular complexity index is 2270. The highest BCUT2D eigenvalue weighted by Crippen LogP contribution is 2.36. The molecule has 4 amide bonds. The first-order valence-electron chi connectivity index (χ1n) is 19.7. The SMILES string of the molecule is COC(=O)N[C@@H](C(=O)N1CCC[C@H]1c1ncc(-c2ccc(-c3ccc(-c4cnc([C@@H]5CCCN5C(=O)[C@H](NC(=O)OC)c5ccccc5)[nH]4)cn3)nc2)[nH]1)c1ccccc1. The van der Waals surface area contributed by atoms with Crippen molar-refractivity contribution in [1.29, 1.82) is 0 Å². The van der Waals surface area contributed by atoms with Crippen LogP contribution >= 0.6 is 0 Å². The number of H-pyrrole nitrogens is 2. The van der Waals surface area contributed by atoms with Crippen LogP contribution in [0.25, 0.3) is 33.9 Å². The number of hydrogen-bond donors (Lipinski definition) is 4. The molecule has 0 spiro atoms. The van der Waals surface area contributed by atoms with E-state index in [1.807, 2.05) is 60.7 Å². The van der Waals surface area contributed by atoms with E-state index in [1.165, 1.54) is 14.2 Å². The summed E-state index contributed by atoms with van der Waals surface area (Å²) >= 11 is 0. The molecule has 0 saturated carbocycles. The van der Waals surface area contributed by atoms with Crippen LogP contribution in [0.5, 0.6) is 0 Å². The number of pyridine rings is 2. The van der Waals surface area contributed by atoms with Crippen molar-refractivity contribution in [1.82, 2.24) is 50.3 Å². The Balaban J connectivity index is 0.928. The van der Waals surface area contributed by atoms with Crippen molar-refractivity contribution in [3.8, 4) is 33.9 Å². The fourth-order valence-electron chi connectivity index (χ4n) is 7.90. The van der Waals surface area contributed by atoms with Gasteiger partial charge in [0.25, 0.3) is 11.8 Å². The molecular weight excluding hydrogens is 765 g/mol. The fourth-order valence-corrected chi connectivity index (χ4v) is 7.90. The Hall–Kier alpha value is -7.36. The minimum absolute atomic E-state index is 0.236. The fraction of sp³-hybridized carbons (Fsp3) is 0.273. The molecule has 306 valence electrons. The van der Waals surface area contributed by atoms with Gasteiger partial charge in [-0.05, 0) is 61.1 Å². The molecule has 8 rings (SSSR count). The molecule has 4 N–H and O–H groups in total. The van der Waals surface area contributed by atoms with Crippen molar-refractivity contribution in [3.63, 3.8) is 0 Å². The van der Waals surface area contributed by atoms with E-state index in [1.54, 1.807) is 58.9 Å². The molecule has 16 heteroatoms. The van der Waals surface area contributed by atoms with Crippen molar-refractivity contribution in [2.45, 2.75) is 49.9 Å². The van der Waals surface area contributed by atoms with Crippen LogP contribution in [0.15, 0.2) is 110 Å². The predicted octanol–water partition coefficient (Wildman–Crippen LogP) is 6.45. The summed E-state index contributed by atoms with van der Waals surface area (Å²) in [5, 5.41) is 5.39. The normalized spacial score (nSPS) is 17.2. The van der Waals surface area contributed by atoms with Gasteiger partial charge in [0.1, 0.15) is 23.7 Å². The van der Waals surface area contributed by atoms with E-state index >= 15 is 0 Å². The molecule has 0 unspecified atom stereocenters. The lowest BCUT2D eigenvalue weighted by atomic mass is 10.1. The van der Waals surface area contributed by atoms with Crippen LogP contribution in [0.1, 0.15) is 72.6 Å². The molecule has 6 aromatic rings. The zero-order valence-electron chi connectivity index (χ0n) is 33.1. The lowest BCUT2D eigenvalue weighted by Crippen LogP contribution is -2.42. The van der Waals surface area contributed by atoms with Crippen LogP contribution in [0.4, 0.5) is 9.59 Å². The summed E-state index contributed by atoms with van der Waals surface area (Å²) in [6.45, 7) is 1.06. The molecule has 2 aliphatic heterocycles. The van der Waals surface area contributed by atoms with Gasteiger partial charge in [-0.15, -0.1) is 0 Å². The van der Waals surface area contributed by atoms with E-state index in [2.05, 4.69) is 30.6 Å². The number of amides is 4. The first kappa shape index (κ1) is 39.5. The molecule has 0 aliphatic carbocycles. The number of carbonyl (C=O) groups excluding carboxylic acids is 4. The summed E-state index contributed by atoms with van der Waals surface area (Å²) in [6, 6.07) is 23.5. The van der Waals surface area contributed by atoms with Gasteiger partial charge in [-0.1, -0.05) is 60.7 Å². The third-order valence-electron chi connectivity index (χ3n) is 11.0. The van der Waals surface area contributed by atoms with E-state index in [0.717, 1.165) is 48.2 Å². The maximum absolute atomic E-state index is 13.9. The molecule has 6 heterocycles. The Morgan fingerprint density at radius 2 is 1.00 bits per heavy atom. The van der Waals surface area contributed by atoms with Crippen LogP contribution < -0.4 is 10.6 Å². The smallest absolute Gasteiger partial charge is 0.407 e. The van der Waals surface area contributed by atoms with Crippen LogP contribution in [-0.4, -0.2) is 91.0 Å². The number of imidazole rings is 2. The minimum Gasteiger partial charge on any atom is -0.453 e. The number of hydrogen-bond acceptors (Lipinski definition) is 10. The molecule has 2 saturated heterocycles. The minimum atomic E-state index is -0.900. The standard InChI is InChI=1S/C44H44N10O6/c1-59-43(57)51-37(27-11-5-3-6-12-27)41(55)53-21-9-15-35(53)39-47-25-33(49-39)29-17-19-31(45-23-29)32-20-18-30(24-46-32)34-26-48-40(50-34)36-16-10-22-54(36)42(56)38(52-44(58)60-2)28-13-7-4-8-14-28/h3-8,11-14,17-20,23-26,35-38H,9-10,15-16,21-22H2,1-2H3,(H,47,49)(H,48,50)(H,51,57)(H,52,58)/t35-,36-,37+,38+/m0/s1. The monoisotopic (exact) mass is 808 g/mol. The zero-order chi connectivity index (χ0) is 41.6. The van der Waals surface area contributed by atoms with Gasteiger partial charge < -0.3 is 39.9 Å². The summed E-state index contributed by atoms with van der Waals surface area (Å²) < 4.78 is 9.63. The van der Waals surface area contributed by atoms with E-state index < -0.39 is 24.3 Å². The molecule has 2 aromatic carbocycles. The third kappa shape index (κ3) is 8.30. The molecule has 4 aromatic heterocycles. The number of methoxy groups -OCH3 is 2. The van der Waals surface area contributed by atoms with E-state index in [-0.39, 0.29) is 23.9 Å². The summed E-state index contributed by atoms with van der Waals surface area (Å²) in [5.74, 6) is 0.840. The molecule has 0 bridgehead atoms. The second kappa shape index (κ2) is 17.6. The topological polar surface area (TPSA) is 200 Å². The van der Waals surface area contributed by atoms with Crippen molar-refractivity contribution < 1.29 is 28.7 Å². The van der Waals surface area contributed by atoms with Gasteiger partial charge in [-0.3, -0.25) is 19.6 Å². The zero-order valence-corrected chi connectivity index (χ0v) is 33.1.